The van der Waals surface area contributed by atoms with Gasteiger partial charge in [0.1, 0.15) is 0 Å². The Morgan fingerprint density at radius 3 is 2.95 bits per heavy atom. The first-order valence-electron chi connectivity index (χ1n) is 5.94. The highest BCUT2D eigenvalue weighted by atomic mass is 35.5. The SMILES string of the molecule is CC(Cc1cccs1)NC(=O)c1cc(Cl)ccc1N. The van der Waals surface area contributed by atoms with Crippen LogP contribution < -0.4 is 11.1 Å². The molecule has 1 unspecified atom stereocenters. The predicted molar refractivity (Wildman–Crippen MR) is 80.8 cm³/mol. The van der Waals surface area contributed by atoms with Crippen LogP contribution in [0, 0.1) is 0 Å². The van der Waals surface area contributed by atoms with E-state index >= 15 is 0 Å². The highest BCUT2D eigenvalue weighted by molar-refractivity contribution is 7.09. The first kappa shape index (κ1) is 13.9. The van der Waals surface area contributed by atoms with Crippen LogP contribution in [0.2, 0.25) is 5.02 Å². The maximum Gasteiger partial charge on any atom is 0.253 e. The quantitative estimate of drug-likeness (QED) is 0.850. The Labute approximate surface area is 121 Å². The number of amides is 1. The van der Waals surface area contributed by atoms with Gasteiger partial charge in [-0.3, -0.25) is 4.79 Å². The molecule has 1 aromatic heterocycles. The summed E-state index contributed by atoms with van der Waals surface area (Å²) in [6.07, 6.45) is 0.809. The molecule has 2 aromatic rings. The Morgan fingerprint density at radius 1 is 1.47 bits per heavy atom. The van der Waals surface area contributed by atoms with E-state index in [4.69, 9.17) is 17.3 Å². The van der Waals surface area contributed by atoms with Crippen LogP contribution in [0.15, 0.2) is 35.7 Å². The molecular weight excluding hydrogens is 280 g/mol. The summed E-state index contributed by atoms with van der Waals surface area (Å²) in [6, 6.07) is 9.00. The van der Waals surface area contributed by atoms with E-state index < -0.39 is 0 Å². The average Bonchev–Trinajstić information content (AvgIpc) is 2.84. The van der Waals surface area contributed by atoms with E-state index in [0.717, 1.165) is 6.42 Å². The highest BCUT2D eigenvalue weighted by Gasteiger charge is 2.13. The molecule has 0 radical (unpaired) electrons. The van der Waals surface area contributed by atoms with Crippen LogP contribution in [0.4, 0.5) is 5.69 Å². The highest BCUT2D eigenvalue weighted by Crippen LogP contribution is 2.18. The largest absolute Gasteiger partial charge is 0.398 e. The molecule has 19 heavy (non-hydrogen) atoms. The van der Waals surface area contributed by atoms with Gasteiger partial charge >= 0.3 is 0 Å². The lowest BCUT2D eigenvalue weighted by Gasteiger charge is -2.14. The first-order valence-corrected chi connectivity index (χ1v) is 7.20. The van der Waals surface area contributed by atoms with Gasteiger partial charge in [-0.15, -0.1) is 11.3 Å². The number of carbonyl (C=O) groups excluding carboxylic acids is 1. The van der Waals surface area contributed by atoms with Gasteiger partial charge in [0.2, 0.25) is 0 Å². The van der Waals surface area contributed by atoms with Crippen LogP contribution in [0.5, 0.6) is 0 Å². The number of hydrogen-bond donors (Lipinski definition) is 2. The number of nitrogen functional groups attached to an aromatic ring is 1. The zero-order chi connectivity index (χ0) is 13.8. The number of anilines is 1. The molecule has 3 N–H and O–H groups in total. The number of nitrogens with one attached hydrogen (secondary N) is 1. The van der Waals surface area contributed by atoms with Gasteiger partial charge < -0.3 is 11.1 Å². The zero-order valence-electron chi connectivity index (χ0n) is 10.5. The Bertz CT molecular complexity index is 569. The predicted octanol–water partition coefficient (Wildman–Crippen LogP) is 3.34. The fourth-order valence-electron chi connectivity index (χ4n) is 1.81. The van der Waals surface area contributed by atoms with Gasteiger partial charge in [-0.25, -0.2) is 0 Å². The second-order valence-electron chi connectivity index (χ2n) is 4.39. The fraction of sp³-hybridized carbons (Fsp3) is 0.214. The van der Waals surface area contributed by atoms with Crippen LogP contribution >= 0.6 is 22.9 Å². The van der Waals surface area contributed by atoms with Crippen LogP contribution in [0.25, 0.3) is 0 Å². The Kier molecular flexibility index (Phi) is 4.45. The number of hydrogen-bond acceptors (Lipinski definition) is 3. The number of halogens is 1. The van der Waals surface area contributed by atoms with Crippen molar-refractivity contribution in [3.05, 3.63) is 51.2 Å². The number of thiophene rings is 1. The minimum atomic E-state index is -0.191. The lowest BCUT2D eigenvalue weighted by Crippen LogP contribution is -2.34. The molecule has 1 aromatic carbocycles. The molecule has 0 aliphatic carbocycles. The van der Waals surface area contributed by atoms with E-state index in [1.807, 2.05) is 18.4 Å². The molecule has 3 nitrogen and oxygen atoms in total. The third-order valence-corrected chi connectivity index (χ3v) is 3.86. The molecule has 5 heteroatoms. The van der Waals surface area contributed by atoms with Crippen molar-refractivity contribution in [1.82, 2.24) is 5.32 Å². The smallest absolute Gasteiger partial charge is 0.253 e. The Morgan fingerprint density at radius 2 is 2.26 bits per heavy atom. The van der Waals surface area contributed by atoms with Crippen molar-refractivity contribution in [1.29, 1.82) is 0 Å². The van der Waals surface area contributed by atoms with E-state index in [-0.39, 0.29) is 11.9 Å². The molecule has 2 rings (SSSR count). The number of benzene rings is 1. The molecule has 0 bridgehead atoms. The molecular formula is C14H15ClN2OS. The normalized spacial score (nSPS) is 12.1. The van der Waals surface area contributed by atoms with E-state index in [2.05, 4.69) is 11.4 Å². The molecule has 0 spiro atoms. The fourth-order valence-corrected chi connectivity index (χ4v) is 2.82. The summed E-state index contributed by atoms with van der Waals surface area (Å²) in [5.41, 5.74) is 6.64. The molecule has 0 saturated carbocycles. The van der Waals surface area contributed by atoms with E-state index in [1.165, 1.54) is 4.88 Å². The summed E-state index contributed by atoms with van der Waals surface area (Å²) < 4.78 is 0. The second-order valence-corrected chi connectivity index (χ2v) is 5.86. The van der Waals surface area contributed by atoms with Gasteiger partial charge in [0.25, 0.3) is 5.91 Å². The summed E-state index contributed by atoms with van der Waals surface area (Å²) >= 11 is 7.56. The Balaban J connectivity index is 2.02. The van der Waals surface area contributed by atoms with E-state index in [0.29, 0.717) is 16.3 Å². The summed E-state index contributed by atoms with van der Waals surface area (Å²) in [6.45, 7) is 1.97. The minimum absolute atomic E-state index is 0.0459. The second kappa shape index (κ2) is 6.08. The standard InChI is InChI=1S/C14H15ClN2OS/c1-9(7-11-3-2-6-19-11)17-14(18)12-8-10(15)4-5-13(12)16/h2-6,8-9H,7,16H2,1H3,(H,17,18). The molecule has 1 atom stereocenters. The molecule has 100 valence electrons. The third kappa shape index (κ3) is 3.72. The lowest BCUT2D eigenvalue weighted by molar-refractivity contribution is 0.0941. The van der Waals surface area contributed by atoms with Crippen LogP contribution in [-0.4, -0.2) is 11.9 Å². The van der Waals surface area contributed by atoms with Crippen molar-refractivity contribution < 1.29 is 4.79 Å². The number of carbonyl (C=O) groups is 1. The Hall–Kier alpha value is -1.52. The maximum atomic E-state index is 12.1. The van der Waals surface area contributed by atoms with Crippen LogP contribution in [0.1, 0.15) is 22.2 Å². The number of nitrogens with two attached hydrogens (primary N) is 1. The molecule has 0 aliphatic heterocycles. The van der Waals surface area contributed by atoms with Crippen molar-refractivity contribution >= 4 is 34.5 Å². The topological polar surface area (TPSA) is 55.1 Å². The summed E-state index contributed by atoms with van der Waals surface area (Å²) in [7, 11) is 0. The average molecular weight is 295 g/mol. The van der Waals surface area contributed by atoms with Gasteiger partial charge in [0, 0.05) is 28.0 Å². The van der Waals surface area contributed by atoms with Crippen LogP contribution in [0.3, 0.4) is 0 Å². The van der Waals surface area contributed by atoms with Gasteiger partial charge in [-0.2, -0.15) is 0 Å². The van der Waals surface area contributed by atoms with Crippen molar-refractivity contribution in [2.75, 3.05) is 5.73 Å². The van der Waals surface area contributed by atoms with Crippen molar-refractivity contribution in [2.45, 2.75) is 19.4 Å². The molecule has 1 heterocycles. The molecule has 0 saturated heterocycles. The van der Waals surface area contributed by atoms with Crippen LogP contribution in [-0.2, 0) is 6.42 Å². The summed E-state index contributed by atoms with van der Waals surface area (Å²) in [5.74, 6) is -0.191. The van der Waals surface area contributed by atoms with Gasteiger partial charge in [-0.05, 0) is 36.6 Å². The maximum absolute atomic E-state index is 12.1. The molecule has 1 amide bonds. The summed E-state index contributed by atoms with van der Waals surface area (Å²) in [5, 5.41) is 5.46. The van der Waals surface area contributed by atoms with Crippen molar-refractivity contribution in [3.63, 3.8) is 0 Å². The molecule has 0 fully saturated rings. The van der Waals surface area contributed by atoms with E-state index in [9.17, 15) is 4.79 Å². The number of rotatable bonds is 4. The van der Waals surface area contributed by atoms with Crippen molar-refractivity contribution in [2.24, 2.45) is 0 Å². The van der Waals surface area contributed by atoms with E-state index in [1.54, 1.807) is 29.5 Å². The monoisotopic (exact) mass is 294 g/mol. The zero-order valence-corrected chi connectivity index (χ0v) is 12.1. The lowest BCUT2D eigenvalue weighted by atomic mass is 10.1. The molecule has 0 aliphatic rings. The first-order chi connectivity index (χ1) is 9.06. The third-order valence-electron chi connectivity index (χ3n) is 2.72. The minimum Gasteiger partial charge on any atom is -0.398 e. The van der Waals surface area contributed by atoms with Crippen molar-refractivity contribution in [3.8, 4) is 0 Å². The van der Waals surface area contributed by atoms with Gasteiger partial charge in [-0.1, -0.05) is 17.7 Å². The summed E-state index contributed by atoms with van der Waals surface area (Å²) in [4.78, 5) is 13.4. The van der Waals surface area contributed by atoms with Gasteiger partial charge in [0.05, 0.1) is 5.56 Å². The van der Waals surface area contributed by atoms with Gasteiger partial charge in [0.15, 0.2) is 0 Å².